The fourth-order valence-corrected chi connectivity index (χ4v) is 1.44. The summed E-state index contributed by atoms with van der Waals surface area (Å²) < 4.78 is 0. The molecule has 0 atom stereocenters. The molecule has 0 saturated carbocycles. The van der Waals surface area contributed by atoms with Crippen molar-refractivity contribution >= 4 is 11.8 Å². The summed E-state index contributed by atoms with van der Waals surface area (Å²) in [5.74, 6) is 0. The molecule has 0 aliphatic rings. The van der Waals surface area contributed by atoms with Gasteiger partial charge in [0.25, 0.3) is 0 Å². The van der Waals surface area contributed by atoms with Crippen molar-refractivity contribution in [1.82, 2.24) is 0 Å². The summed E-state index contributed by atoms with van der Waals surface area (Å²) in [5.41, 5.74) is 1.01. The number of aliphatic hydroxyl groups is 1. The van der Waals surface area contributed by atoms with E-state index < -0.39 is 0 Å². The average molecular weight is 172 g/mol. The molecule has 1 aromatic rings. The summed E-state index contributed by atoms with van der Waals surface area (Å²) in [4.78, 5) is 1.16. The molecule has 2 nitrogen and oxygen atoms in total. The minimum absolute atomic E-state index is 0. The third-order valence-corrected chi connectivity index (χ3v) is 2.20. The van der Waals surface area contributed by atoms with Gasteiger partial charge in [-0.15, -0.1) is 11.8 Å². The van der Waals surface area contributed by atoms with Crippen LogP contribution in [0.2, 0.25) is 0 Å². The molecule has 0 radical (unpaired) electrons. The molecule has 0 heterocycles. The van der Waals surface area contributed by atoms with E-state index in [1.807, 2.05) is 30.5 Å². The second kappa shape index (κ2) is 5.18. The maximum absolute atomic E-state index is 8.84. The van der Waals surface area contributed by atoms with Gasteiger partial charge < -0.3 is 10.6 Å². The standard InChI is InChI=1S/C8H10OS.H2O/c1-10-8-5-3-2-4-7(8)6-9;/h2-5,9H,6H2,1H3;1H2. The Morgan fingerprint density at radius 1 is 1.36 bits per heavy atom. The van der Waals surface area contributed by atoms with Gasteiger partial charge >= 0.3 is 0 Å². The topological polar surface area (TPSA) is 51.7 Å². The fraction of sp³-hybridized carbons (Fsp3) is 0.250. The summed E-state index contributed by atoms with van der Waals surface area (Å²) in [6, 6.07) is 7.86. The molecule has 1 aromatic carbocycles. The molecule has 0 aliphatic carbocycles. The van der Waals surface area contributed by atoms with Crippen molar-refractivity contribution in [2.75, 3.05) is 6.26 Å². The summed E-state index contributed by atoms with van der Waals surface area (Å²) >= 11 is 1.66. The van der Waals surface area contributed by atoms with E-state index in [1.54, 1.807) is 11.8 Å². The van der Waals surface area contributed by atoms with Gasteiger partial charge in [0.15, 0.2) is 0 Å². The number of hydrogen-bond acceptors (Lipinski definition) is 2. The molecule has 1 rings (SSSR count). The third-order valence-electron chi connectivity index (χ3n) is 1.36. The Balaban J connectivity index is 0.000001000. The van der Waals surface area contributed by atoms with Crippen LogP contribution in [0.3, 0.4) is 0 Å². The zero-order chi connectivity index (χ0) is 7.40. The number of hydrogen-bond donors (Lipinski definition) is 1. The van der Waals surface area contributed by atoms with E-state index in [0.29, 0.717) is 0 Å². The molecule has 0 bridgehead atoms. The summed E-state index contributed by atoms with van der Waals surface area (Å²) in [7, 11) is 0. The first-order valence-electron chi connectivity index (χ1n) is 3.11. The van der Waals surface area contributed by atoms with Crippen LogP contribution < -0.4 is 0 Å². The van der Waals surface area contributed by atoms with Crippen LogP contribution in [0.4, 0.5) is 0 Å². The van der Waals surface area contributed by atoms with Gasteiger partial charge in [-0.1, -0.05) is 18.2 Å². The van der Waals surface area contributed by atoms with Crippen LogP contribution in [0.15, 0.2) is 29.2 Å². The van der Waals surface area contributed by atoms with E-state index in [2.05, 4.69) is 0 Å². The summed E-state index contributed by atoms with van der Waals surface area (Å²) in [6.45, 7) is 0.136. The minimum atomic E-state index is 0. The first-order chi connectivity index (χ1) is 4.88. The van der Waals surface area contributed by atoms with Gasteiger partial charge in [-0.2, -0.15) is 0 Å². The minimum Gasteiger partial charge on any atom is -0.412 e. The Morgan fingerprint density at radius 3 is 2.45 bits per heavy atom. The lowest BCUT2D eigenvalue weighted by Gasteiger charge is -2.01. The van der Waals surface area contributed by atoms with Crippen molar-refractivity contribution in [2.45, 2.75) is 11.5 Å². The second-order valence-corrected chi connectivity index (χ2v) is 2.82. The SMILES string of the molecule is CSc1ccccc1CO.O. The monoisotopic (exact) mass is 172 g/mol. The van der Waals surface area contributed by atoms with Crippen LogP contribution in [-0.2, 0) is 6.61 Å². The van der Waals surface area contributed by atoms with Crippen LogP contribution in [0.25, 0.3) is 0 Å². The van der Waals surface area contributed by atoms with Crippen LogP contribution in [0.1, 0.15) is 5.56 Å². The fourth-order valence-electron chi connectivity index (χ4n) is 0.834. The Hall–Kier alpha value is -0.510. The highest BCUT2D eigenvalue weighted by Crippen LogP contribution is 2.18. The first-order valence-corrected chi connectivity index (χ1v) is 4.33. The first kappa shape index (κ1) is 10.5. The Labute approximate surface area is 70.6 Å². The average Bonchev–Trinajstić information content (AvgIpc) is 2.04. The lowest BCUT2D eigenvalue weighted by Crippen LogP contribution is -1.84. The molecule has 11 heavy (non-hydrogen) atoms. The van der Waals surface area contributed by atoms with E-state index in [4.69, 9.17) is 5.11 Å². The number of rotatable bonds is 2. The molecular formula is C8H12O2S. The number of aliphatic hydroxyl groups excluding tert-OH is 1. The molecular weight excluding hydrogens is 160 g/mol. The van der Waals surface area contributed by atoms with Gasteiger partial charge in [0, 0.05) is 4.90 Å². The van der Waals surface area contributed by atoms with Gasteiger partial charge in [-0.3, -0.25) is 0 Å². The molecule has 0 aliphatic heterocycles. The summed E-state index contributed by atoms with van der Waals surface area (Å²) in [6.07, 6.45) is 2.01. The largest absolute Gasteiger partial charge is 0.412 e. The van der Waals surface area contributed by atoms with E-state index in [0.717, 1.165) is 10.5 Å². The highest BCUT2D eigenvalue weighted by Gasteiger charge is 1.95. The van der Waals surface area contributed by atoms with E-state index in [-0.39, 0.29) is 12.1 Å². The zero-order valence-electron chi connectivity index (χ0n) is 6.37. The molecule has 0 saturated heterocycles. The predicted octanol–water partition coefficient (Wildman–Crippen LogP) is 1.08. The predicted molar refractivity (Wildman–Crippen MR) is 47.8 cm³/mol. The van der Waals surface area contributed by atoms with Crippen LogP contribution >= 0.6 is 11.8 Å². The molecule has 0 unspecified atom stereocenters. The number of benzene rings is 1. The molecule has 0 spiro atoms. The van der Waals surface area contributed by atoms with Gasteiger partial charge in [-0.05, 0) is 17.9 Å². The molecule has 0 aromatic heterocycles. The maximum atomic E-state index is 8.84. The Bertz CT molecular complexity index is 190. The van der Waals surface area contributed by atoms with Gasteiger partial charge in [-0.25, -0.2) is 0 Å². The highest BCUT2D eigenvalue weighted by molar-refractivity contribution is 7.98. The van der Waals surface area contributed by atoms with Crippen molar-refractivity contribution in [3.63, 3.8) is 0 Å². The van der Waals surface area contributed by atoms with E-state index in [9.17, 15) is 0 Å². The molecule has 62 valence electrons. The van der Waals surface area contributed by atoms with Crippen molar-refractivity contribution in [3.05, 3.63) is 29.8 Å². The van der Waals surface area contributed by atoms with Gasteiger partial charge in [0.2, 0.25) is 0 Å². The molecule has 0 fully saturated rings. The Morgan fingerprint density at radius 2 is 2.00 bits per heavy atom. The van der Waals surface area contributed by atoms with Crippen molar-refractivity contribution < 1.29 is 10.6 Å². The molecule has 0 amide bonds. The van der Waals surface area contributed by atoms with Gasteiger partial charge in [0.05, 0.1) is 6.61 Å². The second-order valence-electron chi connectivity index (χ2n) is 1.97. The van der Waals surface area contributed by atoms with Gasteiger partial charge in [0.1, 0.15) is 0 Å². The smallest absolute Gasteiger partial charge is 0.0692 e. The summed E-state index contributed by atoms with van der Waals surface area (Å²) in [5, 5.41) is 8.84. The van der Waals surface area contributed by atoms with Crippen molar-refractivity contribution in [1.29, 1.82) is 0 Å². The third kappa shape index (κ3) is 2.54. The van der Waals surface area contributed by atoms with Crippen LogP contribution in [0, 0.1) is 0 Å². The lowest BCUT2D eigenvalue weighted by molar-refractivity contribution is 0.279. The maximum Gasteiger partial charge on any atom is 0.0692 e. The quantitative estimate of drug-likeness (QED) is 0.678. The normalized spacial score (nSPS) is 8.91. The molecule has 3 N–H and O–H groups in total. The van der Waals surface area contributed by atoms with Crippen molar-refractivity contribution in [2.24, 2.45) is 0 Å². The number of thioether (sulfide) groups is 1. The van der Waals surface area contributed by atoms with E-state index in [1.165, 1.54) is 0 Å². The zero-order valence-corrected chi connectivity index (χ0v) is 7.19. The van der Waals surface area contributed by atoms with Crippen LogP contribution in [0.5, 0.6) is 0 Å². The highest BCUT2D eigenvalue weighted by atomic mass is 32.2. The lowest BCUT2D eigenvalue weighted by atomic mass is 10.2. The Kier molecular flexibility index (Phi) is 4.94. The van der Waals surface area contributed by atoms with E-state index >= 15 is 0 Å². The van der Waals surface area contributed by atoms with Crippen molar-refractivity contribution in [3.8, 4) is 0 Å². The molecule has 3 heteroatoms. The van der Waals surface area contributed by atoms with Crippen LogP contribution in [-0.4, -0.2) is 16.8 Å².